The lowest BCUT2D eigenvalue weighted by Crippen LogP contribution is -2.07. The highest BCUT2D eigenvalue weighted by atomic mass is 15.4. The molecule has 0 aliphatic heterocycles. The van der Waals surface area contributed by atoms with Crippen molar-refractivity contribution in [2.24, 2.45) is 0 Å². The monoisotopic (exact) mass is 172 g/mol. The van der Waals surface area contributed by atoms with Gasteiger partial charge in [0.15, 0.2) is 0 Å². The molecule has 0 radical (unpaired) electrons. The molecule has 64 valence electrons. The predicted molar refractivity (Wildman–Crippen MR) is 50.8 cm³/mol. The van der Waals surface area contributed by atoms with Crippen molar-refractivity contribution in [1.82, 2.24) is 14.1 Å². The van der Waals surface area contributed by atoms with E-state index in [2.05, 4.69) is 4.98 Å². The SMILES string of the molecule is Nn1c2ccccc2n2ccnc12. The molecule has 0 atom stereocenters. The number of nitrogen functional groups attached to an aromatic ring is 1. The molecule has 4 heteroatoms. The van der Waals surface area contributed by atoms with E-state index in [4.69, 9.17) is 5.84 Å². The van der Waals surface area contributed by atoms with Crippen molar-refractivity contribution < 1.29 is 0 Å². The Morgan fingerprint density at radius 2 is 1.92 bits per heavy atom. The average Bonchev–Trinajstić information content (AvgIpc) is 2.72. The van der Waals surface area contributed by atoms with E-state index in [-0.39, 0.29) is 0 Å². The minimum Gasteiger partial charge on any atom is -0.336 e. The summed E-state index contributed by atoms with van der Waals surface area (Å²) < 4.78 is 3.56. The molecule has 0 bridgehead atoms. The van der Waals surface area contributed by atoms with E-state index in [1.165, 1.54) is 0 Å². The Morgan fingerprint density at radius 1 is 1.15 bits per heavy atom. The number of nitrogens with zero attached hydrogens (tertiary/aromatic N) is 3. The minimum absolute atomic E-state index is 0.765. The summed E-state index contributed by atoms with van der Waals surface area (Å²) in [5, 5.41) is 0. The van der Waals surface area contributed by atoms with Crippen molar-refractivity contribution in [3.63, 3.8) is 0 Å². The maximum atomic E-state index is 5.85. The van der Waals surface area contributed by atoms with Crippen molar-refractivity contribution in [2.75, 3.05) is 5.84 Å². The standard InChI is InChI=1S/C9H8N4/c10-13-8-4-2-1-3-7(8)12-6-5-11-9(12)13/h1-6H,10H2. The highest BCUT2D eigenvalue weighted by Crippen LogP contribution is 2.16. The Kier molecular flexibility index (Phi) is 1.02. The van der Waals surface area contributed by atoms with Crippen LogP contribution in [0, 0.1) is 0 Å². The first kappa shape index (κ1) is 6.54. The maximum absolute atomic E-state index is 5.85. The number of imidazole rings is 2. The highest BCUT2D eigenvalue weighted by Gasteiger charge is 2.06. The van der Waals surface area contributed by atoms with Crippen LogP contribution in [0.2, 0.25) is 0 Å². The smallest absolute Gasteiger partial charge is 0.233 e. The lowest BCUT2D eigenvalue weighted by Gasteiger charge is -1.92. The van der Waals surface area contributed by atoms with E-state index < -0.39 is 0 Å². The average molecular weight is 172 g/mol. The van der Waals surface area contributed by atoms with Crippen LogP contribution >= 0.6 is 0 Å². The molecule has 3 aromatic rings. The quantitative estimate of drug-likeness (QED) is 0.514. The van der Waals surface area contributed by atoms with Crippen LogP contribution in [0.5, 0.6) is 0 Å². The van der Waals surface area contributed by atoms with Gasteiger partial charge in [0.1, 0.15) is 0 Å². The van der Waals surface area contributed by atoms with Crippen LogP contribution in [0.25, 0.3) is 16.8 Å². The summed E-state index contributed by atoms with van der Waals surface area (Å²) in [5.74, 6) is 6.62. The van der Waals surface area contributed by atoms with E-state index in [9.17, 15) is 0 Å². The molecule has 4 nitrogen and oxygen atoms in total. The summed E-state index contributed by atoms with van der Waals surface area (Å²) in [6, 6.07) is 7.95. The summed E-state index contributed by atoms with van der Waals surface area (Å²) in [5.41, 5.74) is 2.07. The summed E-state index contributed by atoms with van der Waals surface area (Å²) in [6.07, 6.45) is 3.64. The Bertz CT molecular complexity index is 575. The lowest BCUT2D eigenvalue weighted by molar-refractivity contribution is 1.05. The molecule has 0 saturated carbocycles. The fourth-order valence-electron chi connectivity index (χ4n) is 1.64. The Morgan fingerprint density at radius 3 is 2.77 bits per heavy atom. The minimum atomic E-state index is 0.765. The molecule has 3 rings (SSSR count). The second kappa shape index (κ2) is 2.04. The second-order valence-corrected chi connectivity index (χ2v) is 2.96. The molecule has 1 aromatic carbocycles. The molecular formula is C9H8N4. The third kappa shape index (κ3) is 0.672. The zero-order chi connectivity index (χ0) is 8.84. The van der Waals surface area contributed by atoms with E-state index in [1.807, 2.05) is 34.9 Å². The van der Waals surface area contributed by atoms with E-state index in [1.54, 1.807) is 10.9 Å². The van der Waals surface area contributed by atoms with Gasteiger partial charge in [-0.05, 0) is 12.1 Å². The molecule has 2 heterocycles. The molecule has 0 saturated heterocycles. The Hall–Kier alpha value is -1.97. The normalized spacial score (nSPS) is 11.4. The predicted octanol–water partition coefficient (Wildman–Crippen LogP) is 1.00. The van der Waals surface area contributed by atoms with Gasteiger partial charge < -0.3 is 5.84 Å². The molecule has 2 N–H and O–H groups in total. The molecule has 0 aliphatic rings. The summed E-state index contributed by atoms with van der Waals surface area (Å²) in [7, 11) is 0. The summed E-state index contributed by atoms with van der Waals surface area (Å²) >= 11 is 0. The number of hydrogen-bond acceptors (Lipinski definition) is 2. The topological polar surface area (TPSA) is 48.2 Å². The third-order valence-electron chi connectivity index (χ3n) is 2.24. The number of hydrogen-bond donors (Lipinski definition) is 1. The molecule has 13 heavy (non-hydrogen) atoms. The van der Waals surface area contributed by atoms with Crippen molar-refractivity contribution in [3.05, 3.63) is 36.7 Å². The van der Waals surface area contributed by atoms with Crippen LogP contribution in [0.15, 0.2) is 36.7 Å². The molecule has 0 aliphatic carbocycles. The van der Waals surface area contributed by atoms with Crippen molar-refractivity contribution in [2.45, 2.75) is 0 Å². The number of rotatable bonds is 0. The van der Waals surface area contributed by atoms with Gasteiger partial charge in [0, 0.05) is 12.4 Å². The summed E-state index contributed by atoms with van der Waals surface area (Å²) in [4.78, 5) is 4.16. The first-order valence-electron chi connectivity index (χ1n) is 4.05. The molecule has 0 fully saturated rings. The van der Waals surface area contributed by atoms with E-state index >= 15 is 0 Å². The molecular weight excluding hydrogens is 164 g/mol. The fourth-order valence-corrected chi connectivity index (χ4v) is 1.64. The van der Waals surface area contributed by atoms with Gasteiger partial charge in [0.25, 0.3) is 0 Å². The first-order valence-corrected chi connectivity index (χ1v) is 4.05. The number of fused-ring (bicyclic) bond motifs is 3. The Balaban J connectivity index is 2.72. The second-order valence-electron chi connectivity index (χ2n) is 2.96. The van der Waals surface area contributed by atoms with Gasteiger partial charge in [-0.15, -0.1) is 0 Å². The summed E-state index contributed by atoms with van der Waals surface area (Å²) in [6.45, 7) is 0. The van der Waals surface area contributed by atoms with Gasteiger partial charge in [-0.25, -0.2) is 9.66 Å². The number of benzene rings is 1. The molecule has 0 spiro atoms. The molecule has 0 unspecified atom stereocenters. The van der Waals surface area contributed by atoms with Gasteiger partial charge >= 0.3 is 0 Å². The fraction of sp³-hybridized carbons (Fsp3) is 0. The van der Waals surface area contributed by atoms with Gasteiger partial charge in [-0.3, -0.25) is 4.40 Å². The van der Waals surface area contributed by atoms with Crippen LogP contribution in [0.3, 0.4) is 0 Å². The van der Waals surface area contributed by atoms with Crippen molar-refractivity contribution in [3.8, 4) is 0 Å². The zero-order valence-corrected chi connectivity index (χ0v) is 6.88. The largest absolute Gasteiger partial charge is 0.336 e. The van der Waals surface area contributed by atoms with Gasteiger partial charge in [-0.2, -0.15) is 0 Å². The van der Waals surface area contributed by atoms with E-state index in [0.29, 0.717) is 0 Å². The van der Waals surface area contributed by atoms with Crippen LogP contribution in [-0.2, 0) is 0 Å². The third-order valence-corrected chi connectivity index (χ3v) is 2.24. The Labute approximate surface area is 74.2 Å². The van der Waals surface area contributed by atoms with Crippen LogP contribution in [-0.4, -0.2) is 14.1 Å². The van der Waals surface area contributed by atoms with Crippen LogP contribution in [0.4, 0.5) is 0 Å². The van der Waals surface area contributed by atoms with Crippen molar-refractivity contribution in [1.29, 1.82) is 0 Å². The van der Waals surface area contributed by atoms with Gasteiger partial charge in [-0.1, -0.05) is 12.1 Å². The lowest BCUT2D eigenvalue weighted by atomic mass is 10.3. The maximum Gasteiger partial charge on any atom is 0.233 e. The number of para-hydroxylation sites is 2. The highest BCUT2D eigenvalue weighted by molar-refractivity contribution is 5.80. The van der Waals surface area contributed by atoms with E-state index in [0.717, 1.165) is 16.8 Å². The van der Waals surface area contributed by atoms with Crippen molar-refractivity contribution >= 4 is 16.8 Å². The van der Waals surface area contributed by atoms with Gasteiger partial charge in [0.2, 0.25) is 5.78 Å². The van der Waals surface area contributed by atoms with Crippen LogP contribution < -0.4 is 5.84 Å². The number of nitrogens with two attached hydrogens (primary N) is 1. The molecule has 2 aromatic heterocycles. The first-order chi connectivity index (χ1) is 6.38. The van der Waals surface area contributed by atoms with Crippen LogP contribution in [0.1, 0.15) is 0 Å². The number of aromatic nitrogens is 3. The zero-order valence-electron chi connectivity index (χ0n) is 6.88. The van der Waals surface area contributed by atoms with Gasteiger partial charge in [0.05, 0.1) is 11.0 Å². The molecule has 0 amide bonds.